The van der Waals surface area contributed by atoms with E-state index in [1.54, 1.807) is 11.3 Å². The van der Waals surface area contributed by atoms with E-state index in [0.717, 1.165) is 29.6 Å². The molecule has 2 rings (SSSR count). The maximum absolute atomic E-state index is 5.47. The molecule has 0 fully saturated rings. The number of thiazole rings is 1. The van der Waals surface area contributed by atoms with E-state index in [2.05, 4.69) is 23.3 Å². The summed E-state index contributed by atoms with van der Waals surface area (Å²) >= 11 is 1.71. The largest absolute Gasteiger partial charge is 0.466 e. The van der Waals surface area contributed by atoms with Gasteiger partial charge in [0.25, 0.3) is 0 Å². The number of furan rings is 1. The molecule has 2 heterocycles. The van der Waals surface area contributed by atoms with Crippen molar-refractivity contribution in [3.63, 3.8) is 0 Å². The Hall–Kier alpha value is -1.29. The van der Waals surface area contributed by atoms with E-state index in [9.17, 15) is 0 Å². The van der Waals surface area contributed by atoms with Gasteiger partial charge in [-0.05, 0) is 26.3 Å². The normalized spacial score (nSPS) is 10.7. The molecule has 0 aliphatic carbocycles. The zero-order valence-electron chi connectivity index (χ0n) is 9.83. The standard InChI is InChI=1S/C12H16N2OS/c1-4-11-7-14-12(16-11)13-6-10-5-8(2)15-9(10)3/h5,7H,4,6H2,1-3H3,(H,13,14). The molecule has 1 N–H and O–H groups in total. The van der Waals surface area contributed by atoms with Gasteiger partial charge < -0.3 is 9.73 Å². The number of anilines is 1. The lowest BCUT2D eigenvalue weighted by Crippen LogP contribution is -1.98. The molecule has 4 heteroatoms. The van der Waals surface area contributed by atoms with E-state index in [1.807, 2.05) is 20.0 Å². The van der Waals surface area contributed by atoms with Crippen molar-refractivity contribution in [3.8, 4) is 0 Å². The third-order valence-corrected chi connectivity index (χ3v) is 3.58. The summed E-state index contributed by atoms with van der Waals surface area (Å²) in [6.07, 6.45) is 2.98. The molecule has 0 saturated heterocycles. The van der Waals surface area contributed by atoms with Crippen LogP contribution in [0.15, 0.2) is 16.7 Å². The second kappa shape index (κ2) is 4.70. The number of hydrogen-bond donors (Lipinski definition) is 1. The van der Waals surface area contributed by atoms with Crippen LogP contribution in [0.25, 0.3) is 0 Å². The summed E-state index contributed by atoms with van der Waals surface area (Å²) < 4.78 is 5.47. The Morgan fingerprint density at radius 2 is 2.25 bits per heavy atom. The molecule has 3 nitrogen and oxygen atoms in total. The number of aryl methyl sites for hydroxylation is 3. The van der Waals surface area contributed by atoms with E-state index in [0.29, 0.717) is 0 Å². The molecule has 0 amide bonds. The lowest BCUT2D eigenvalue weighted by atomic mass is 10.2. The van der Waals surface area contributed by atoms with Gasteiger partial charge in [0.2, 0.25) is 0 Å². The van der Waals surface area contributed by atoms with Crippen LogP contribution in [0.2, 0.25) is 0 Å². The first kappa shape index (κ1) is 11.2. The number of nitrogens with one attached hydrogen (secondary N) is 1. The Bertz CT molecular complexity index is 473. The number of aromatic nitrogens is 1. The molecule has 2 aromatic heterocycles. The van der Waals surface area contributed by atoms with E-state index < -0.39 is 0 Å². The van der Waals surface area contributed by atoms with Crippen molar-refractivity contribution < 1.29 is 4.42 Å². The van der Waals surface area contributed by atoms with Gasteiger partial charge in [0.1, 0.15) is 11.5 Å². The van der Waals surface area contributed by atoms with Crippen LogP contribution in [0.5, 0.6) is 0 Å². The summed E-state index contributed by atoms with van der Waals surface area (Å²) in [5.41, 5.74) is 1.20. The number of rotatable bonds is 4. The van der Waals surface area contributed by atoms with Gasteiger partial charge in [-0.3, -0.25) is 0 Å². The van der Waals surface area contributed by atoms with Crippen LogP contribution in [-0.4, -0.2) is 4.98 Å². The topological polar surface area (TPSA) is 38.1 Å². The maximum Gasteiger partial charge on any atom is 0.183 e. The Balaban J connectivity index is 1.99. The lowest BCUT2D eigenvalue weighted by Gasteiger charge is -2.00. The molecule has 0 aliphatic heterocycles. The molecule has 0 bridgehead atoms. The van der Waals surface area contributed by atoms with Gasteiger partial charge in [0.15, 0.2) is 5.13 Å². The van der Waals surface area contributed by atoms with Crippen LogP contribution >= 0.6 is 11.3 Å². The first-order chi connectivity index (χ1) is 7.69. The van der Waals surface area contributed by atoms with Gasteiger partial charge in [-0.2, -0.15) is 0 Å². The molecule has 0 aliphatic rings. The van der Waals surface area contributed by atoms with Gasteiger partial charge in [-0.1, -0.05) is 6.92 Å². The summed E-state index contributed by atoms with van der Waals surface area (Å²) in [6, 6.07) is 2.07. The minimum Gasteiger partial charge on any atom is -0.466 e. The highest BCUT2D eigenvalue weighted by Gasteiger charge is 2.05. The SMILES string of the molecule is CCc1cnc(NCc2cc(C)oc2C)s1. The van der Waals surface area contributed by atoms with Crippen molar-refractivity contribution in [3.05, 3.63) is 34.2 Å². The Kier molecular flexibility index (Phi) is 3.29. The van der Waals surface area contributed by atoms with Gasteiger partial charge in [-0.25, -0.2) is 4.98 Å². The third kappa shape index (κ3) is 2.44. The van der Waals surface area contributed by atoms with Gasteiger partial charge in [0.05, 0.1) is 0 Å². The highest BCUT2D eigenvalue weighted by Crippen LogP contribution is 2.20. The Morgan fingerprint density at radius 1 is 1.44 bits per heavy atom. The molecule has 0 atom stereocenters. The molecule has 0 radical (unpaired) electrons. The fourth-order valence-corrected chi connectivity index (χ4v) is 2.33. The second-order valence-electron chi connectivity index (χ2n) is 3.78. The molecule has 0 aromatic carbocycles. The molecular weight excluding hydrogens is 220 g/mol. The van der Waals surface area contributed by atoms with Gasteiger partial charge >= 0.3 is 0 Å². The molecule has 16 heavy (non-hydrogen) atoms. The zero-order valence-corrected chi connectivity index (χ0v) is 10.6. The quantitative estimate of drug-likeness (QED) is 0.882. The van der Waals surface area contributed by atoms with E-state index in [1.165, 1.54) is 10.4 Å². The summed E-state index contributed by atoms with van der Waals surface area (Å²) in [5.74, 6) is 1.94. The highest BCUT2D eigenvalue weighted by molar-refractivity contribution is 7.15. The predicted molar refractivity (Wildman–Crippen MR) is 67.0 cm³/mol. The zero-order chi connectivity index (χ0) is 11.5. The van der Waals surface area contributed by atoms with Crippen molar-refractivity contribution in [1.82, 2.24) is 4.98 Å². The van der Waals surface area contributed by atoms with E-state index >= 15 is 0 Å². The summed E-state index contributed by atoms with van der Waals surface area (Å²) in [4.78, 5) is 5.62. The molecule has 0 unspecified atom stereocenters. The van der Waals surface area contributed by atoms with Crippen LogP contribution in [0.1, 0.15) is 28.9 Å². The number of nitrogens with zero attached hydrogens (tertiary/aromatic N) is 1. The Labute approximate surface area is 99.5 Å². The van der Waals surface area contributed by atoms with Crippen LogP contribution in [0, 0.1) is 13.8 Å². The lowest BCUT2D eigenvalue weighted by molar-refractivity contribution is 0.501. The third-order valence-electron chi connectivity index (χ3n) is 2.48. The number of hydrogen-bond acceptors (Lipinski definition) is 4. The smallest absolute Gasteiger partial charge is 0.183 e. The minimum atomic E-state index is 0.778. The molecule has 0 saturated carbocycles. The summed E-state index contributed by atoms with van der Waals surface area (Å²) in [5, 5.41) is 4.30. The van der Waals surface area contributed by atoms with Crippen LogP contribution in [-0.2, 0) is 13.0 Å². The van der Waals surface area contributed by atoms with Gasteiger partial charge in [0, 0.05) is 23.2 Å². The van der Waals surface area contributed by atoms with Crippen LogP contribution < -0.4 is 5.32 Å². The van der Waals surface area contributed by atoms with Crippen molar-refractivity contribution in [2.24, 2.45) is 0 Å². The average Bonchev–Trinajstić information content (AvgIpc) is 2.82. The monoisotopic (exact) mass is 236 g/mol. The van der Waals surface area contributed by atoms with Crippen molar-refractivity contribution in [1.29, 1.82) is 0 Å². The highest BCUT2D eigenvalue weighted by atomic mass is 32.1. The summed E-state index contributed by atoms with van der Waals surface area (Å²) in [7, 11) is 0. The van der Waals surface area contributed by atoms with Crippen molar-refractivity contribution >= 4 is 16.5 Å². The molecule has 2 aromatic rings. The molecular formula is C12H16N2OS. The fraction of sp³-hybridized carbons (Fsp3) is 0.417. The van der Waals surface area contributed by atoms with Crippen LogP contribution in [0.4, 0.5) is 5.13 Å². The Morgan fingerprint density at radius 3 is 2.81 bits per heavy atom. The van der Waals surface area contributed by atoms with Crippen molar-refractivity contribution in [2.45, 2.75) is 33.7 Å². The molecule has 86 valence electrons. The summed E-state index contributed by atoms with van der Waals surface area (Å²) in [6.45, 7) is 6.87. The van der Waals surface area contributed by atoms with Gasteiger partial charge in [-0.15, -0.1) is 11.3 Å². The molecule has 0 spiro atoms. The van der Waals surface area contributed by atoms with E-state index in [4.69, 9.17) is 4.42 Å². The van der Waals surface area contributed by atoms with E-state index in [-0.39, 0.29) is 0 Å². The first-order valence-corrected chi connectivity index (χ1v) is 6.25. The average molecular weight is 236 g/mol. The minimum absolute atomic E-state index is 0.778. The fourth-order valence-electron chi connectivity index (χ4n) is 1.58. The maximum atomic E-state index is 5.47. The van der Waals surface area contributed by atoms with Crippen molar-refractivity contribution in [2.75, 3.05) is 5.32 Å². The second-order valence-corrected chi connectivity index (χ2v) is 4.89. The first-order valence-electron chi connectivity index (χ1n) is 5.43. The van der Waals surface area contributed by atoms with Crippen LogP contribution in [0.3, 0.4) is 0 Å². The predicted octanol–water partition coefficient (Wildman–Crippen LogP) is 3.53.